The summed E-state index contributed by atoms with van der Waals surface area (Å²) in [6, 6.07) is 14.9. The fourth-order valence-electron chi connectivity index (χ4n) is 3.00. The highest BCUT2D eigenvalue weighted by Gasteiger charge is 2.31. The molecule has 2 unspecified atom stereocenters. The minimum atomic E-state index is -0.583. The molecular weight excluding hydrogens is 324 g/mol. The van der Waals surface area contributed by atoms with Gasteiger partial charge in [0.25, 0.3) is 5.22 Å². The van der Waals surface area contributed by atoms with Crippen molar-refractivity contribution in [3.63, 3.8) is 0 Å². The number of carbonyl (C=O) groups excluding carboxylic acids is 1. The van der Waals surface area contributed by atoms with E-state index < -0.39 is 6.10 Å². The van der Waals surface area contributed by atoms with E-state index in [4.69, 9.17) is 4.42 Å². The number of fused-ring (bicyclic) bond motifs is 2. The lowest BCUT2D eigenvalue weighted by Gasteiger charge is -2.17. The Labute approximate surface area is 143 Å². The lowest BCUT2D eigenvalue weighted by atomic mass is 10.1. The zero-order chi connectivity index (χ0) is 16.5. The average Bonchev–Trinajstić information content (AvgIpc) is 3.14. The summed E-state index contributed by atoms with van der Waals surface area (Å²) in [6.07, 6.45) is -0.0139. The van der Waals surface area contributed by atoms with Crippen LogP contribution in [0.15, 0.2) is 58.2 Å². The van der Waals surface area contributed by atoms with Crippen molar-refractivity contribution < 1.29 is 14.3 Å². The molecule has 0 bridgehead atoms. The molecule has 0 aliphatic heterocycles. The molecule has 24 heavy (non-hydrogen) atoms. The van der Waals surface area contributed by atoms with Crippen LogP contribution in [0.2, 0.25) is 0 Å². The fraction of sp³-hybridized carbons (Fsp3) is 0.222. The van der Waals surface area contributed by atoms with Crippen LogP contribution in [0.5, 0.6) is 0 Å². The van der Waals surface area contributed by atoms with Crippen LogP contribution in [0, 0.1) is 0 Å². The first-order valence-corrected chi connectivity index (χ1v) is 8.73. The van der Waals surface area contributed by atoms with Gasteiger partial charge in [0.1, 0.15) is 5.52 Å². The van der Waals surface area contributed by atoms with Crippen molar-refractivity contribution in [3.8, 4) is 0 Å². The zero-order valence-electron chi connectivity index (χ0n) is 12.8. The summed E-state index contributed by atoms with van der Waals surface area (Å²) in [6.45, 7) is 0. The van der Waals surface area contributed by atoms with Gasteiger partial charge in [-0.1, -0.05) is 48.2 Å². The van der Waals surface area contributed by atoms with E-state index in [0.29, 0.717) is 17.2 Å². The summed E-state index contributed by atoms with van der Waals surface area (Å²) in [5.41, 5.74) is 3.56. The molecule has 0 saturated carbocycles. The van der Waals surface area contributed by atoms with E-state index in [9.17, 15) is 9.90 Å². The molecule has 0 radical (unpaired) electrons. The number of hydrogen-bond acceptors (Lipinski definition) is 5. The molecule has 1 aliphatic rings. The number of rotatable bonds is 4. The van der Waals surface area contributed by atoms with Crippen molar-refractivity contribution in [2.24, 2.45) is 0 Å². The Morgan fingerprint density at radius 2 is 2.04 bits per heavy atom. The Morgan fingerprint density at radius 3 is 2.92 bits per heavy atom. The summed E-state index contributed by atoms with van der Waals surface area (Å²) < 4.78 is 5.59. The van der Waals surface area contributed by atoms with Gasteiger partial charge in [0.05, 0.1) is 17.9 Å². The van der Waals surface area contributed by atoms with Crippen LogP contribution in [-0.4, -0.2) is 27.9 Å². The first-order chi connectivity index (χ1) is 11.7. The molecule has 1 heterocycles. The van der Waals surface area contributed by atoms with Crippen LogP contribution in [0.1, 0.15) is 17.2 Å². The van der Waals surface area contributed by atoms with Crippen molar-refractivity contribution in [3.05, 3.63) is 59.7 Å². The van der Waals surface area contributed by atoms with E-state index in [1.807, 2.05) is 48.5 Å². The van der Waals surface area contributed by atoms with Crippen LogP contribution in [0.4, 0.5) is 0 Å². The topological polar surface area (TPSA) is 75.4 Å². The number of thioether (sulfide) groups is 1. The minimum Gasteiger partial charge on any atom is -0.431 e. The van der Waals surface area contributed by atoms with Gasteiger partial charge in [0, 0.05) is 6.42 Å². The molecule has 2 atom stereocenters. The predicted molar refractivity (Wildman–Crippen MR) is 91.8 cm³/mol. The van der Waals surface area contributed by atoms with Crippen molar-refractivity contribution >= 4 is 28.8 Å². The summed E-state index contributed by atoms with van der Waals surface area (Å²) in [5, 5.41) is 13.6. The normalized spacial score (nSPS) is 19.4. The number of nitrogens with one attached hydrogen (secondary N) is 1. The van der Waals surface area contributed by atoms with Gasteiger partial charge in [-0.25, -0.2) is 4.98 Å². The molecule has 2 N–H and O–H groups in total. The molecule has 0 saturated heterocycles. The third kappa shape index (κ3) is 2.90. The quantitative estimate of drug-likeness (QED) is 0.714. The largest absolute Gasteiger partial charge is 0.431 e. The molecule has 1 aromatic heterocycles. The Morgan fingerprint density at radius 1 is 1.25 bits per heavy atom. The number of hydrogen-bond donors (Lipinski definition) is 2. The van der Waals surface area contributed by atoms with Gasteiger partial charge >= 0.3 is 0 Å². The number of amides is 1. The molecule has 6 heteroatoms. The second-order valence-corrected chi connectivity index (χ2v) is 6.68. The molecule has 0 spiro atoms. The third-order valence-electron chi connectivity index (χ3n) is 4.12. The fourth-order valence-corrected chi connectivity index (χ4v) is 3.65. The van der Waals surface area contributed by atoms with Crippen molar-refractivity contribution in [1.82, 2.24) is 10.3 Å². The molecular formula is C18H16N2O3S. The average molecular weight is 340 g/mol. The summed E-state index contributed by atoms with van der Waals surface area (Å²) >= 11 is 1.25. The smallest absolute Gasteiger partial charge is 0.257 e. The maximum atomic E-state index is 12.2. The highest BCUT2D eigenvalue weighted by Crippen LogP contribution is 2.31. The molecule has 0 fully saturated rings. The molecule has 1 amide bonds. The maximum absolute atomic E-state index is 12.2. The van der Waals surface area contributed by atoms with Crippen molar-refractivity contribution in [2.75, 3.05) is 5.75 Å². The van der Waals surface area contributed by atoms with Crippen molar-refractivity contribution in [1.29, 1.82) is 0 Å². The Balaban J connectivity index is 1.40. The summed E-state index contributed by atoms with van der Waals surface area (Å²) in [4.78, 5) is 16.6. The molecule has 2 aromatic carbocycles. The zero-order valence-corrected chi connectivity index (χ0v) is 13.6. The molecule has 1 aliphatic carbocycles. The van der Waals surface area contributed by atoms with E-state index in [0.717, 1.165) is 16.6 Å². The third-order valence-corrected chi connectivity index (χ3v) is 4.95. The number of para-hydroxylation sites is 2. The number of benzene rings is 2. The first kappa shape index (κ1) is 15.2. The molecule has 3 aromatic rings. The lowest BCUT2D eigenvalue weighted by molar-refractivity contribution is -0.120. The predicted octanol–water partition coefficient (Wildman–Crippen LogP) is 2.69. The number of carbonyl (C=O) groups is 1. The lowest BCUT2D eigenvalue weighted by Crippen LogP contribution is -2.34. The van der Waals surface area contributed by atoms with Gasteiger partial charge in [-0.2, -0.15) is 0 Å². The van der Waals surface area contributed by atoms with Gasteiger partial charge in [0.2, 0.25) is 5.91 Å². The Hall–Kier alpha value is -2.31. The number of aliphatic hydroxyl groups excluding tert-OH is 1. The van der Waals surface area contributed by atoms with Gasteiger partial charge in [-0.15, -0.1) is 0 Å². The summed E-state index contributed by atoms with van der Waals surface area (Å²) in [5.74, 6) is 0.0427. The monoisotopic (exact) mass is 340 g/mol. The van der Waals surface area contributed by atoms with E-state index in [1.165, 1.54) is 11.8 Å². The van der Waals surface area contributed by atoms with Crippen LogP contribution >= 0.6 is 11.8 Å². The Bertz CT molecular complexity index is 860. The van der Waals surface area contributed by atoms with Crippen LogP contribution in [-0.2, 0) is 11.2 Å². The van der Waals surface area contributed by atoms with Gasteiger partial charge in [0.15, 0.2) is 5.58 Å². The standard InChI is InChI=1S/C18H16N2O3S/c21-14-9-11-5-1-2-6-12(11)17(14)20-16(22)10-24-18-19-13-7-3-4-8-15(13)23-18/h1-8,14,17,21H,9-10H2,(H,20,22). The SMILES string of the molecule is O=C(CSc1nc2ccccc2o1)NC1c2ccccc2CC1O. The van der Waals surface area contributed by atoms with Gasteiger partial charge in [-0.3, -0.25) is 4.79 Å². The molecule has 5 nitrogen and oxygen atoms in total. The maximum Gasteiger partial charge on any atom is 0.257 e. The van der Waals surface area contributed by atoms with Gasteiger partial charge in [-0.05, 0) is 23.3 Å². The van der Waals surface area contributed by atoms with E-state index in [-0.39, 0.29) is 17.7 Å². The number of oxazole rings is 1. The first-order valence-electron chi connectivity index (χ1n) is 7.74. The van der Waals surface area contributed by atoms with Gasteiger partial charge < -0.3 is 14.8 Å². The Kier molecular flexibility index (Phi) is 4.00. The molecule has 122 valence electrons. The van der Waals surface area contributed by atoms with E-state index >= 15 is 0 Å². The highest BCUT2D eigenvalue weighted by molar-refractivity contribution is 7.99. The number of aromatic nitrogens is 1. The minimum absolute atomic E-state index is 0.150. The second kappa shape index (κ2) is 6.30. The van der Waals surface area contributed by atoms with Crippen LogP contribution in [0.3, 0.4) is 0 Å². The second-order valence-electron chi connectivity index (χ2n) is 5.75. The summed E-state index contributed by atoms with van der Waals surface area (Å²) in [7, 11) is 0. The van der Waals surface area contributed by atoms with Crippen LogP contribution < -0.4 is 5.32 Å². The van der Waals surface area contributed by atoms with Crippen molar-refractivity contribution in [2.45, 2.75) is 23.8 Å². The number of aliphatic hydroxyl groups is 1. The molecule has 4 rings (SSSR count). The van der Waals surface area contributed by atoms with E-state index in [2.05, 4.69) is 10.3 Å². The van der Waals surface area contributed by atoms with E-state index in [1.54, 1.807) is 0 Å². The number of nitrogens with zero attached hydrogens (tertiary/aromatic N) is 1. The van der Waals surface area contributed by atoms with Crippen LogP contribution in [0.25, 0.3) is 11.1 Å². The highest BCUT2D eigenvalue weighted by atomic mass is 32.2.